The predicted octanol–water partition coefficient (Wildman–Crippen LogP) is 2.14. The van der Waals surface area contributed by atoms with Crippen LogP contribution in [0.25, 0.3) is 0 Å². The highest BCUT2D eigenvalue weighted by atomic mass is 35.5. The van der Waals surface area contributed by atoms with E-state index in [1.54, 1.807) is 0 Å². The van der Waals surface area contributed by atoms with Gasteiger partial charge in [0.25, 0.3) is 0 Å². The first-order valence-electron chi connectivity index (χ1n) is 6.17. The van der Waals surface area contributed by atoms with Crippen LogP contribution in [0.4, 0.5) is 5.69 Å². The minimum atomic E-state index is 0.600. The maximum Gasteiger partial charge on any atom is 0.0740 e. The molecule has 5 heteroatoms. The first-order valence-corrected chi connectivity index (χ1v) is 6.95. The van der Waals surface area contributed by atoms with Crippen molar-refractivity contribution in [1.82, 2.24) is 4.90 Å². The number of hydrogen-bond acceptors (Lipinski definition) is 3. The first-order chi connectivity index (χ1) is 8.66. The Bertz CT molecular complexity index is 416. The van der Waals surface area contributed by atoms with Crippen molar-refractivity contribution >= 4 is 34.5 Å². The summed E-state index contributed by atoms with van der Waals surface area (Å²) in [5.74, 6) is 0. The van der Waals surface area contributed by atoms with E-state index >= 15 is 0 Å². The Morgan fingerprint density at radius 2 is 1.89 bits per heavy atom. The summed E-state index contributed by atoms with van der Waals surface area (Å²) in [6, 6.07) is 8.01. The molecule has 1 heterocycles. The number of nitrogens with zero attached hydrogens (tertiary/aromatic N) is 2. The maximum absolute atomic E-state index is 6.21. The standard InChI is InChI=1S/C13H18ClN3S/c14-11-3-1-2-4-12(11)17-9-7-16(8-10-17)6-5-13(15)18/h1-4H,5-10H2,(H2,15,18). The number of nitrogens with two attached hydrogens (primary N) is 1. The molecule has 0 bridgehead atoms. The van der Waals surface area contributed by atoms with Gasteiger partial charge in [-0.25, -0.2) is 0 Å². The molecule has 0 aliphatic carbocycles. The molecular weight excluding hydrogens is 266 g/mol. The number of anilines is 1. The lowest BCUT2D eigenvalue weighted by atomic mass is 10.2. The lowest BCUT2D eigenvalue weighted by Crippen LogP contribution is -2.47. The quantitative estimate of drug-likeness (QED) is 0.858. The third-order valence-corrected chi connectivity index (χ3v) is 3.76. The monoisotopic (exact) mass is 283 g/mol. The van der Waals surface area contributed by atoms with Gasteiger partial charge in [0.05, 0.1) is 15.7 Å². The number of hydrogen-bond donors (Lipinski definition) is 1. The Morgan fingerprint density at radius 1 is 1.22 bits per heavy atom. The number of thiocarbonyl (C=S) groups is 1. The van der Waals surface area contributed by atoms with Gasteiger partial charge in [-0.1, -0.05) is 36.0 Å². The van der Waals surface area contributed by atoms with Crippen LogP contribution in [0.5, 0.6) is 0 Å². The van der Waals surface area contributed by atoms with Crippen molar-refractivity contribution in [3.63, 3.8) is 0 Å². The van der Waals surface area contributed by atoms with Gasteiger partial charge >= 0.3 is 0 Å². The van der Waals surface area contributed by atoms with E-state index in [4.69, 9.17) is 29.6 Å². The second-order valence-electron chi connectivity index (χ2n) is 4.50. The minimum Gasteiger partial charge on any atom is -0.393 e. The molecule has 18 heavy (non-hydrogen) atoms. The molecule has 0 saturated carbocycles. The highest BCUT2D eigenvalue weighted by Gasteiger charge is 2.18. The van der Waals surface area contributed by atoms with Gasteiger partial charge in [-0.2, -0.15) is 0 Å². The van der Waals surface area contributed by atoms with Crippen molar-refractivity contribution < 1.29 is 0 Å². The van der Waals surface area contributed by atoms with E-state index in [0.29, 0.717) is 4.99 Å². The summed E-state index contributed by atoms with van der Waals surface area (Å²) in [4.78, 5) is 5.33. The zero-order valence-corrected chi connectivity index (χ0v) is 11.9. The highest BCUT2D eigenvalue weighted by molar-refractivity contribution is 7.80. The molecular formula is C13H18ClN3S. The molecule has 1 aliphatic rings. The summed E-state index contributed by atoms with van der Waals surface area (Å²) in [6.45, 7) is 5.04. The molecule has 0 unspecified atom stereocenters. The smallest absolute Gasteiger partial charge is 0.0740 e. The fraction of sp³-hybridized carbons (Fsp3) is 0.462. The normalized spacial score (nSPS) is 16.8. The second-order valence-corrected chi connectivity index (χ2v) is 5.43. The van der Waals surface area contributed by atoms with Gasteiger partial charge in [0.15, 0.2) is 0 Å². The third kappa shape index (κ3) is 3.57. The van der Waals surface area contributed by atoms with E-state index in [1.165, 1.54) is 0 Å². The maximum atomic E-state index is 6.21. The molecule has 3 nitrogen and oxygen atoms in total. The molecule has 1 aromatic carbocycles. The van der Waals surface area contributed by atoms with E-state index in [2.05, 4.69) is 15.9 Å². The summed E-state index contributed by atoms with van der Waals surface area (Å²) < 4.78 is 0. The largest absolute Gasteiger partial charge is 0.393 e. The molecule has 0 amide bonds. The molecule has 2 N–H and O–H groups in total. The van der Waals surface area contributed by atoms with Crippen LogP contribution in [-0.2, 0) is 0 Å². The molecule has 1 saturated heterocycles. The van der Waals surface area contributed by atoms with Crippen LogP contribution in [0.15, 0.2) is 24.3 Å². The van der Waals surface area contributed by atoms with Gasteiger partial charge in [0, 0.05) is 39.1 Å². The molecule has 0 atom stereocenters. The van der Waals surface area contributed by atoms with Gasteiger partial charge in [-0.05, 0) is 12.1 Å². The number of rotatable bonds is 4. The zero-order valence-electron chi connectivity index (χ0n) is 10.3. The van der Waals surface area contributed by atoms with Crippen LogP contribution in [0, 0.1) is 0 Å². The van der Waals surface area contributed by atoms with Crippen molar-refractivity contribution in [3.8, 4) is 0 Å². The lowest BCUT2D eigenvalue weighted by molar-refractivity contribution is 0.265. The Morgan fingerprint density at radius 3 is 2.50 bits per heavy atom. The average molecular weight is 284 g/mol. The van der Waals surface area contributed by atoms with Crippen LogP contribution < -0.4 is 10.6 Å². The van der Waals surface area contributed by atoms with E-state index in [1.807, 2.05) is 18.2 Å². The van der Waals surface area contributed by atoms with Crippen LogP contribution in [-0.4, -0.2) is 42.6 Å². The number of piperazine rings is 1. The highest BCUT2D eigenvalue weighted by Crippen LogP contribution is 2.25. The molecule has 98 valence electrons. The third-order valence-electron chi connectivity index (χ3n) is 3.24. The summed E-state index contributed by atoms with van der Waals surface area (Å²) in [5.41, 5.74) is 6.66. The van der Waals surface area contributed by atoms with Crippen molar-refractivity contribution in [3.05, 3.63) is 29.3 Å². The van der Waals surface area contributed by atoms with Gasteiger partial charge in [-0.3, -0.25) is 4.90 Å². The van der Waals surface area contributed by atoms with Crippen molar-refractivity contribution in [1.29, 1.82) is 0 Å². The zero-order chi connectivity index (χ0) is 13.0. The van der Waals surface area contributed by atoms with E-state index in [9.17, 15) is 0 Å². The molecule has 2 rings (SSSR count). The molecule has 1 aliphatic heterocycles. The van der Waals surface area contributed by atoms with E-state index < -0.39 is 0 Å². The van der Waals surface area contributed by atoms with Crippen LogP contribution in [0.1, 0.15) is 6.42 Å². The summed E-state index contributed by atoms with van der Waals surface area (Å²) in [5, 5.41) is 0.828. The Kier molecular flexibility index (Phi) is 4.80. The van der Waals surface area contributed by atoms with Gasteiger partial charge in [0.1, 0.15) is 0 Å². The SMILES string of the molecule is NC(=S)CCN1CCN(c2ccccc2Cl)CC1. The van der Waals surface area contributed by atoms with Crippen LogP contribution in [0.2, 0.25) is 5.02 Å². The fourth-order valence-corrected chi connectivity index (χ4v) is 2.54. The van der Waals surface area contributed by atoms with Crippen molar-refractivity contribution in [2.75, 3.05) is 37.6 Å². The second kappa shape index (κ2) is 6.36. The Balaban J connectivity index is 1.87. The van der Waals surface area contributed by atoms with Crippen LogP contribution in [0.3, 0.4) is 0 Å². The topological polar surface area (TPSA) is 32.5 Å². The lowest BCUT2D eigenvalue weighted by Gasteiger charge is -2.36. The molecule has 0 aromatic heterocycles. The van der Waals surface area contributed by atoms with Gasteiger partial charge in [-0.15, -0.1) is 0 Å². The summed E-state index contributed by atoms with van der Waals surface area (Å²) in [6.07, 6.45) is 0.807. The molecule has 0 radical (unpaired) electrons. The first kappa shape index (κ1) is 13.6. The van der Waals surface area contributed by atoms with Gasteiger partial charge in [0.2, 0.25) is 0 Å². The van der Waals surface area contributed by atoms with Crippen molar-refractivity contribution in [2.24, 2.45) is 5.73 Å². The number of halogens is 1. The van der Waals surface area contributed by atoms with E-state index in [0.717, 1.165) is 49.9 Å². The predicted molar refractivity (Wildman–Crippen MR) is 81.5 cm³/mol. The van der Waals surface area contributed by atoms with Gasteiger partial charge < -0.3 is 10.6 Å². The Labute approximate surface area is 119 Å². The molecule has 1 fully saturated rings. The average Bonchev–Trinajstić information content (AvgIpc) is 2.38. The summed E-state index contributed by atoms with van der Waals surface area (Å²) in [7, 11) is 0. The number of benzene rings is 1. The van der Waals surface area contributed by atoms with E-state index in [-0.39, 0.29) is 0 Å². The van der Waals surface area contributed by atoms with Crippen molar-refractivity contribution in [2.45, 2.75) is 6.42 Å². The summed E-state index contributed by atoms with van der Waals surface area (Å²) >= 11 is 11.1. The number of para-hydroxylation sites is 1. The van der Waals surface area contributed by atoms with Crippen LogP contribution >= 0.6 is 23.8 Å². The fourth-order valence-electron chi connectivity index (χ4n) is 2.19. The Hall–Kier alpha value is -0.840. The molecule has 1 aromatic rings. The molecule has 0 spiro atoms. The minimum absolute atomic E-state index is 0.600.